The molecule has 0 unspecified atom stereocenters. The van der Waals surface area contributed by atoms with Crippen LogP contribution in [-0.2, 0) is 4.79 Å². The van der Waals surface area contributed by atoms with E-state index >= 15 is 0 Å². The molecular formula is C18H19N3O2. The Kier molecular flexibility index (Phi) is 5.94. The molecular weight excluding hydrogens is 290 g/mol. The quantitative estimate of drug-likeness (QED) is 0.716. The molecule has 0 aliphatic rings. The number of rotatable bonds is 6. The van der Waals surface area contributed by atoms with Crippen LogP contribution >= 0.6 is 0 Å². The van der Waals surface area contributed by atoms with Crippen LogP contribution in [0.3, 0.4) is 0 Å². The Morgan fingerprint density at radius 1 is 0.913 bits per heavy atom. The van der Waals surface area contributed by atoms with E-state index in [0.29, 0.717) is 5.56 Å². The Morgan fingerprint density at radius 3 is 2.17 bits per heavy atom. The van der Waals surface area contributed by atoms with Gasteiger partial charge in [-0.05, 0) is 30.7 Å². The van der Waals surface area contributed by atoms with E-state index in [1.54, 1.807) is 24.3 Å². The van der Waals surface area contributed by atoms with Crippen LogP contribution in [0.25, 0.3) is 6.08 Å². The van der Waals surface area contributed by atoms with E-state index in [4.69, 9.17) is 0 Å². The second-order valence-electron chi connectivity index (χ2n) is 4.96. The van der Waals surface area contributed by atoms with Crippen LogP contribution in [0.5, 0.6) is 0 Å². The van der Waals surface area contributed by atoms with E-state index < -0.39 is 0 Å². The van der Waals surface area contributed by atoms with Crippen molar-refractivity contribution in [2.24, 2.45) is 0 Å². The van der Waals surface area contributed by atoms with Crippen molar-refractivity contribution in [2.75, 3.05) is 6.54 Å². The molecule has 0 atom stereocenters. The molecule has 0 saturated carbocycles. The first-order valence-corrected chi connectivity index (χ1v) is 7.26. The SMILES string of the molecule is C/C(=C\c1ccccc1)NNC(=O)CNC(=O)c1ccccc1. The van der Waals surface area contributed by atoms with E-state index in [-0.39, 0.29) is 18.4 Å². The number of carbonyl (C=O) groups is 2. The first-order valence-electron chi connectivity index (χ1n) is 7.26. The summed E-state index contributed by atoms with van der Waals surface area (Å²) in [5.41, 5.74) is 7.69. The van der Waals surface area contributed by atoms with Gasteiger partial charge < -0.3 is 10.7 Å². The Hall–Kier alpha value is -3.08. The van der Waals surface area contributed by atoms with Crippen molar-refractivity contribution in [3.63, 3.8) is 0 Å². The highest BCUT2D eigenvalue weighted by Gasteiger charge is 2.06. The highest BCUT2D eigenvalue weighted by Crippen LogP contribution is 2.03. The van der Waals surface area contributed by atoms with Crippen LogP contribution in [0.15, 0.2) is 66.4 Å². The number of hydrazine groups is 1. The van der Waals surface area contributed by atoms with Crippen LogP contribution in [0.4, 0.5) is 0 Å². The summed E-state index contributed by atoms with van der Waals surface area (Å²) >= 11 is 0. The third-order valence-corrected chi connectivity index (χ3v) is 3.03. The van der Waals surface area contributed by atoms with Crippen molar-refractivity contribution >= 4 is 17.9 Å². The number of benzene rings is 2. The van der Waals surface area contributed by atoms with Crippen molar-refractivity contribution < 1.29 is 9.59 Å². The molecule has 118 valence electrons. The lowest BCUT2D eigenvalue weighted by Crippen LogP contribution is -2.43. The van der Waals surface area contributed by atoms with E-state index in [1.807, 2.05) is 49.4 Å². The molecule has 0 aliphatic heterocycles. The van der Waals surface area contributed by atoms with Gasteiger partial charge in [0.25, 0.3) is 11.8 Å². The molecule has 0 spiro atoms. The first-order chi connectivity index (χ1) is 11.1. The molecule has 0 fully saturated rings. The molecule has 2 rings (SSSR count). The van der Waals surface area contributed by atoms with Gasteiger partial charge in [0.1, 0.15) is 0 Å². The van der Waals surface area contributed by atoms with Gasteiger partial charge in [-0.3, -0.25) is 15.0 Å². The zero-order valence-corrected chi connectivity index (χ0v) is 12.9. The minimum atomic E-state index is -0.324. The molecule has 5 nitrogen and oxygen atoms in total. The maximum atomic E-state index is 11.8. The lowest BCUT2D eigenvalue weighted by atomic mass is 10.2. The van der Waals surface area contributed by atoms with Crippen molar-refractivity contribution in [2.45, 2.75) is 6.92 Å². The molecule has 0 saturated heterocycles. The number of hydrogen-bond donors (Lipinski definition) is 3. The smallest absolute Gasteiger partial charge is 0.257 e. The topological polar surface area (TPSA) is 70.2 Å². The van der Waals surface area contributed by atoms with Gasteiger partial charge in [0, 0.05) is 11.3 Å². The molecule has 2 amide bonds. The number of nitrogens with one attached hydrogen (secondary N) is 3. The summed E-state index contributed by atoms with van der Waals surface area (Å²) in [7, 11) is 0. The van der Waals surface area contributed by atoms with Crippen LogP contribution in [0, 0.1) is 0 Å². The Morgan fingerprint density at radius 2 is 1.52 bits per heavy atom. The van der Waals surface area contributed by atoms with E-state index in [1.165, 1.54) is 0 Å². The summed E-state index contributed by atoms with van der Waals surface area (Å²) in [6.45, 7) is 1.75. The van der Waals surface area contributed by atoms with Crippen LogP contribution in [0.2, 0.25) is 0 Å². The average Bonchev–Trinajstić information content (AvgIpc) is 2.59. The average molecular weight is 309 g/mol. The first kappa shape index (κ1) is 16.3. The normalized spacial score (nSPS) is 10.7. The monoisotopic (exact) mass is 309 g/mol. The fourth-order valence-electron chi connectivity index (χ4n) is 1.90. The zero-order chi connectivity index (χ0) is 16.5. The minimum absolute atomic E-state index is 0.0979. The predicted molar refractivity (Wildman–Crippen MR) is 90.1 cm³/mol. The molecule has 0 heterocycles. The molecule has 3 N–H and O–H groups in total. The summed E-state index contributed by atoms with van der Waals surface area (Å²) in [6.07, 6.45) is 1.91. The Labute approximate surface area is 135 Å². The number of hydrogen-bond acceptors (Lipinski definition) is 3. The van der Waals surface area contributed by atoms with Crippen LogP contribution in [-0.4, -0.2) is 18.4 Å². The molecule has 0 bridgehead atoms. The lowest BCUT2D eigenvalue weighted by molar-refractivity contribution is -0.120. The van der Waals surface area contributed by atoms with Crippen LogP contribution < -0.4 is 16.2 Å². The van der Waals surface area contributed by atoms with Gasteiger partial charge in [-0.25, -0.2) is 0 Å². The van der Waals surface area contributed by atoms with E-state index in [9.17, 15) is 9.59 Å². The van der Waals surface area contributed by atoms with Gasteiger partial charge in [0.2, 0.25) is 0 Å². The van der Waals surface area contributed by atoms with Gasteiger partial charge in [0.15, 0.2) is 0 Å². The third-order valence-electron chi connectivity index (χ3n) is 3.03. The summed E-state index contributed by atoms with van der Waals surface area (Å²) in [4.78, 5) is 23.5. The lowest BCUT2D eigenvalue weighted by Gasteiger charge is -2.10. The summed E-state index contributed by atoms with van der Waals surface area (Å²) < 4.78 is 0. The maximum Gasteiger partial charge on any atom is 0.257 e. The summed E-state index contributed by atoms with van der Waals surface area (Å²) in [6, 6.07) is 18.5. The minimum Gasteiger partial charge on any atom is -0.343 e. The Balaban J connectivity index is 1.75. The largest absolute Gasteiger partial charge is 0.343 e. The van der Waals surface area contributed by atoms with Gasteiger partial charge in [-0.1, -0.05) is 48.5 Å². The zero-order valence-electron chi connectivity index (χ0n) is 12.9. The molecule has 2 aromatic carbocycles. The fraction of sp³-hybridized carbons (Fsp3) is 0.111. The number of carbonyl (C=O) groups excluding carboxylic acids is 2. The molecule has 5 heteroatoms. The predicted octanol–water partition coefficient (Wildman–Crippen LogP) is 2.10. The van der Waals surface area contributed by atoms with Gasteiger partial charge in [0.05, 0.1) is 6.54 Å². The third kappa shape index (κ3) is 5.67. The fourth-order valence-corrected chi connectivity index (χ4v) is 1.90. The van der Waals surface area contributed by atoms with Gasteiger partial charge >= 0.3 is 0 Å². The standard InChI is InChI=1S/C18H19N3O2/c1-14(12-15-8-4-2-5-9-15)20-21-17(22)13-19-18(23)16-10-6-3-7-11-16/h2-12,20H,13H2,1H3,(H,19,23)(H,21,22)/b14-12+. The van der Waals surface area contributed by atoms with Crippen molar-refractivity contribution in [1.82, 2.24) is 16.2 Å². The summed E-state index contributed by atoms with van der Waals surface area (Å²) in [5.74, 6) is -0.604. The van der Waals surface area contributed by atoms with E-state index in [2.05, 4.69) is 16.2 Å². The second kappa shape index (κ2) is 8.38. The number of amides is 2. The maximum absolute atomic E-state index is 11.8. The molecule has 0 aliphatic carbocycles. The highest BCUT2D eigenvalue weighted by atomic mass is 16.2. The molecule has 0 radical (unpaired) electrons. The number of allylic oxidation sites excluding steroid dienone is 1. The van der Waals surface area contributed by atoms with Gasteiger partial charge in [-0.2, -0.15) is 0 Å². The van der Waals surface area contributed by atoms with E-state index in [0.717, 1.165) is 11.3 Å². The molecule has 2 aromatic rings. The van der Waals surface area contributed by atoms with Crippen molar-refractivity contribution in [3.05, 3.63) is 77.5 Å². The van der Waals surface area contributed by atoms with Crippen molar-refractivity contribution in [3.8, 4) is 0 Å². The highest BCUT2D eigenvalue weighted by molar-refractivity contribution is 5.96. The molecule has 23 heavy (non-hydrogen) atoms. The van der Waals surface area contributed by atoms with Gasteiger partial charge in [-0.15, -0.1) is 0 Å². The second-order valence-corrected chi connectivity index (χ2v) is 4.96. The van der Waals surface area contributed by atoms with Crippen molar-refractivity contribution in [1.29, 1.82) is 0 Å². The summed E-state index contributed by atoms with van der Waals surface area (Å²) in [5, 5.41) is 2.56. The Bertz CT molecular complexity index is 682. The van der Waals surface area contributed by atoms with Crippen LogP contribution in [0.1, 0.15) is 22.8 Å². The molecule has 0 aromatic heterocycles.